The lowest BCUT2D eigenvalue weighted by atomic mass is 10.1. The fourth-order valence-corrected chi connectivity index (χ4v) is 1.99. The zero-order chi connectivity index (χ0) is 15.6. The Kier molecular flexibility index (Phi) is 4.62. The summed E-state index contributed by atoms with van der Waals surface area (Å²) in [5, 5.41) is 11.3. The summed E-state index contributed by atoms with van der Waals surface area (Å²) in [6, 6.07) is 0. The van der Waals surface area contributed by atoms with Crippen molar-refractivity contribution in [1.29, 1.82) is 0 Å². The number of carbonyl (C=O) groups excluding carboxylic acids is 2. The van der Waals surface area contributed by atoms with Gasteiger partial charge in [-0.15, -0.1) is 0 Å². The number of carboxylic acid groups (broad SMARTS) is 1. The van der Waals surface area contributed by atoms with Crippen LogP contribution < -0.4 is 5.32 Å². The Morgan fingerprint density at radius 1 is 1.35 bits per heavy atom. The van der Waals surface area contributed by atoms with Crippen molar-refractivity contribution in [3.63, 3.8) is 0 Å². The second-order valence-corrected chi connectivity index (χ2v) is 5.82. The van der Waals surface area contributed by atoms with E-state index in [0.29, 0.717) is 0 Å². The normalized spacial score (nSPS) is 24.7. The fraction of sp³-hybridized carbons (Fsp3) is 0.769. The number of hydrogen-bond acceptors (Lipinski definition) is 5. The Labute approximate surface area is 117 Å². The molecule has 1 aliphatic rings. The van der Waals surface area contributed by atoms with Gasteiger partial charge in [0.1, 0.15) is 11.1 Å². The second-order valence-electron chi connectivity index (χ2n) is 5.82. The minimum atomic E-state index is -1.27. The molecule has 2 atom stereocenters. The van der Waals surface area contributed by atoms with E-state index in [4.69, 9.17) is 14.6 Å². The van der Waals surface area contributed by atoms with E-state index in [1.165, 1.54) is 0 Å². The zero-order valence-corrected chi connectivity index (χ0v) is 12.2. The first-order valence-electron chi connectivity index (χ1n) is 6.51. The number of nitrogens with one attached hydrogen (secondary N) is 1. The van der Waals surface area contributed by atoms with Crippen molar-refractivity contribution in [2.24, 2.45) is 5.92 Å². The number of carboxylic acids is 1. The first kappa shape index (κ1) is 16.3. The van der Waals surface area contributed by atoms with Crippen LogP contribution in [0.15, 0.2) is 0 Å². The van der Waals surface area contributed by atoms with Gasteiger partial charge < -0.3 is 19.9 Å². The SMILES string of the molecule is CCOC(=O)[C@@]1(NC(=O)OC(C)(C)C)C[C@H]1CC(=O)O. The number of esters is 1. The summed E-state index contributed by atoms with van der Waals surface area (Å²) in [6.07, 6.45) is -0.704. The van der Waals surface area contributed by atoms with Crippen molar-refractivity contribution in [2.75, 3.05) is 6.61 Å². The van der Waals surface area contributed by atoms with E-state index in [9.17, 15) is 14.4 Å². The Morgan fingerprint density at radius 3 is 2.40 bits per heavy atom. The molecule has 0 heterocycles. The van der Waals surface area contributed by atoms with E-state index in [-0.39, 0.29) is 19.4 Å². The molecule has 7 heteroatoms. The summed E-state index contributed by atoms with van der Waals surface area (Å²) in [4.78, 5) is 34.4. The second kappa shape index (κ2) is 5.68. The van der Waals surface area contributed by atoms with Crippen molar-refractivity contribution in [1.82, 2.24) is 5.32 Å². The van der Waals surface area contributed by atoms with Gasteiger partial charge in [0.05, 0.1) is 13.0 Å². The molecule has 0 radical (unpaired) electrons. The minimum absolute atomic E-state index is 0.163. The Bertz CT molecular complexity index is 414. The molecule has 1 rings (SSSR count). The van der Waals surface area contributed by atoms with Crippen molar-refractivity contribution >= 4 is 18.0 Å². The van der Waals surface area contributed by atoms with Gasteiger partial charge in [-0.05, 0) is 34.1 Å². The highest BCUT2D eigenvalue weighted by molar-refractivity contribution is 5.90. The molecule has 1 amide bonds. The van der Waals surface area contributed by atoms with Crippen LogP contribution in [0.25, 0.3) is 0 Å². The van der Waals surface area contributed by atoms with Gasteiger partial charge in [-0.1, -0.05) is 0 Å². The molecule has 1 saturated carbocycles. The van der Waals surface area contributed by atoms with Gasteiger partial charge >= 0.3 is 18.0 Å². The zero-order valence-electron chi connectivity index (χ0n) is 12.2. The quantitative estimate of drug-likeness (QED) is 0.739. The highest BCUT2D eigenvalue weighted by Crippen LogP contribution is 2.47. The molecule has 0 saturated heterocycles. The van der Waals surface area contributed by atoms with Gasteiger partial charge in [-0.25, -0.2) is 9.59 Å². The van der Waals surface area contributed by atoms with Gasteiger partial charge in [0.2, 0.25) is 0 Å². The summed E-state index contributed by atoms with van der Waals surface area (Å²) in [7, 11) is 0. The fourth-order valence-electron chi connectivity index (χ4n) is 1.99. The summed E-state index contributed by atoms with van der Waals surface area (Å²) in [5.41, 5.74) is -1.96. The van der Waals surface area contributed by atoms with Crippen LogP contribution in [0.4, 0.5) is 4.79 Å². The van der Waals surface area contributed by atoms with Crippen molar-refractivity contribution < 1.29 is 29.0 Å². The van der Waals surface area contributed by atoms with Crippen LogP contribution in [0.5, 0.6) is 0 Å². The highest BCUT2D eigenvalue weighted by Gasteiger charge is 2.63. The number of ether oxygens (including phenoxy) is 2. The molecule has 0 bridgehead atoms. The molecule has 1 aliphatic carbocycles. The summed E-state index contributed by atoms with van der Waals surface area (Å²) < 4.78 is 10.00. The number of aliphatic carboxylic acids is 1. The third kappa shape index (κ3) is 4.11. The van der Waals surface area contributed by atoms with Crippen molar-refractivity contribution in [3.8, 4) is 0 Å². The maximum absolute atomic E-state index is 11.9. The summed E-state index contributed by atoms with van der Waals surface area (Å²) in [5.74, 6) is -2.10. The smallest absolute Gasteiger partial charge is 0.408 e. The molecule has 0 aliphatic heterocycles. The van der Waals surface area contributed by atoms with E-state index in [0.717, 1.165) is 0 Å². The average molecular weight is 287 g/mol. The van der Waals surface area contributed by atoms with Gasteiger partial charge in [0.25, 0.3) is 0 Å². The number of hydrogen-bond donors (Lipinski definition) is 2. The van der Waals surface area contributed by atoms with Crippen molar-refractivity contribution in [2.45, 2.75) is 51.7 Å². The maximum atomic E-state index is 11.9. The average Bonchev–Trinajstić information content (AvgIpc) is 2.88. The number of amides is 1. The third-order valence-corrected chi connectivity index (χ3v) is 2.89. The van der Waals surface area contributed by atoms with Gasteiger partial charge in [-0.3, -0.25) is 4.79 Å². The van der Waals surface area contributed by atoms with Crippen LogP contribution in [-0.2, 0) is 19.1 Å². The van der Waals surface area contributed by atoms with Crippen LogP contribution >= 0.6 is 0 Å². The molecular formula is C13H21NO6. The Hall–Kier alpha value is -1.79. The molecule has 1 fully saturated rings. The number of alkyl carbamates (subject to hydrolysis) is 1. The van der Waals surface area contributed by atoms with Crippen LogP contribution in [0.3, 0.4) is 0 Å². The van der Waals surface area contributed by atoms with E-state index >= 15 is 0 Å². The van der Waals surface area contributed by atoms with Crippen LogP contribution in [0.1, 0.15) is 40.5 Å². The number of rotatable bonds is 5. The molecule has 2 N–H and O–H groups in total. The summed E-state index contributed by atoms with van der Waals surface area (Å²) in [6.45, 7) is 6.91. The monoisotopic (exact) mass is 287 g/mol. The molecule has 0 aromatic carbocycles. The molecule has 0 spiro atoms. The minimum Gasteiger partial charge on any atom is -0.481 e. The van der Waals surface area contributed by atoms with E-state index < -0.39 is 35.1 Å². The first-order valence-corrected chi connectivity index (χ1v) is 6.51. The van der Waals surface area contributed by atoms with E-state index in [1.807, 2.05) is 0 Å². The first-order chi connectivity index (χ1) is 9.10. The van der Waals surface area contributed by atoms with E-state index in [1.54, 1.807) is 27.7 Å². The lowest BCUT2D eigenvalue weighted by molar-refractivity contribution is -0.147. The largest absolute Gasteiger partial charge is 0.481 e. The molecule has 114 valence electrons. The predicted octanol–water partition coefficient (Wildman–Crippen LogP) is 1.31. The molecule has 20 heavy (non-hydrogen) atoms. The van der Waals surface area contributed by atoms with Crippen molar-refractivity contribution in [3.05, 3.63) is 0 Å². The van der Waals surface area contributed by atoms with E-state index in [2.05, 4.69) is 5.32 Å². The molecule has 7 nitrogen and oxygen atoms in total. The lowest BCUT2D eigenvalue weighted by Crippen LogP contribution is -2.48. The lowest BCUT2D eigenvalue weighted by Gasteiger charge is -2.23. The molecule has 0 aromatic rings. The van der Waals surface area contributed by atoms with Gasteiger partial charge in [-0.2, -0.15) is 0 Å². The molecular weight excluding hydrogens is 266 g/mol. The molecule has 0 unspecified atom stereocenters. The number of carbonyl (C=O) groups is 3. The Balaban J connectivity index is 2.74. The highest BCUT2D eigenvalue weighted by atomic mass is 16.6. The molecule has 0 aromatic heterocycles. The van der Waals surface area contributed by atoms with Gasteiger partial charge in [0.15, 0.2) is 0 Å². The van der Waals surface area contributed by atoms with Crippen LogP contribution in [-0.4, -0.2) is 40.9 Å². The standard InChI is InChI=1S/C13H21NO6/c1-5-19-10(17)13(7-8(13)6-9(15)16)14-11(18)20-12(2,3)4/h8H,5-7H2,1-4H3,(H,14,18)(H,15,16)/t8-,13-/m1/s1. The van der Waals surface area contributed by atoms with Crippen LogP contribution in [0, 0.1) is 5.92 Å². The van der Waals surface area contributed by atoms with Crippen LogP contribution in [0.2, 0.25) is 0 Å². The predicted molar refractivity (Wildman–Crippen MR) is 69.1 cm³/mol. The third-order valence-electron chi connectivity index (χ3n) is 2.89. The summed E-state index contributed by atoms with van der Waals surface area (Å²) >= 11 is 0. The topological polar surface area (TPSA) is 102 Å². The Morgan fingerprint density at radius 2 is 1.95 bits per heavy atom. The van der Waals surface area contributed by atoms with Gasteiger partial charge in [0, 0.05) is 5.92 Å². The maximum Gasteiger partial charge on any atom is 0.408 e.